The molecule has 0 amide bonds. The summed E-state index contributed by atoms with van der Waals surface area (Å²) >= 11 is 2.87. The summed E-state index contributed by atoms with van der Waals surface area (Å²) in [5.41, 5.74) is 1.06. The van der Waals surface area contributed by atoms with Gasteiger partial charge >= 0.3 is 0 Å². The van der Waals surface area contributed by atoms with Crippen molar-refractivity contribution in [3.8, 4) is 11.8 Å². The third-order valence-electron chi connectivity index (χ3n) is 3.61. The highest BCUT2D eigenvalue weighted by atomic mass is 32.2. The Balaban J connectivity index is 1.91. The predicted molar refractivity (Wildman–Crippen MR) is 103 cm³/mol. The number of para-hydroxylation sites is 1. The van der Waals surface area contributed by atoms with Gasteiger partial charge in [-0.3, -0.25) is 0 Å². The second kappa shape index (κ2) is 7.60. The number of fused-ring (bicyclic) bond motifs is 1. The maximum absolute atomic E-state index is 10.6. The van der Waals surface area contributed by atoms with Crippen molar-refractivity contribution in [1.29, 1.82) is 5.26 Å². The molecular formula is C19H16N2O2S2. The third kappa shape index (κ3) is 3.78. The largest absolute Gasteiger partial charge is 0.510 e. The molecule has 0 saturated carbocycles. The summed E-state index contributed by atoms with van der Waals surface area (Å²) in [6.45, 7) is 1.87. The summed E-state index contributed by atoms with van der Waals surface area (Å²) in [5, 5.41) is 20.4. The predicted octanol–water partition coefficient (Wildman–Crippen LogP) is 5.28. The van der Waals surface area contributed by atoms with Gasteiger partial charge in [0.2, 0.25) is 0 Å². The fourth-order valence-electron chi connectivity index (χ4n) is 2.33. The van der Waals surface area contributed by atoms with Gasteiger partial charge in [-0.1, -0.05) is 18.2 Å². The molecule has 2 aromatic carbocycles. The molecule has 0 bridgehead atoms. The van der Waals surface area contributed by atoms with Crippen LogP contribution >= 0.6 is 23.1 Å². The van der Waals surface area contributed by atoms with Crippen molar-refractivity contribution in [3.05, 3.63) is 59.3 Å². The van der Waals surface area contributed by atoms with Crippen molar-refractivity contribution < 1.29 is 9.84 Å². The smallest absolute Gasteiger partial charge is 0.138 e. The molecule has 0 fully saturated rings. The van der Waals surface area contributed by atoms with Crippen LogP contribution in [-0.4, -0.2) is 22.5 Å². The summed E-state index contributed by atoms with van der Waals surface area (Å²) in [6, 6.07) is 17.4. The molecule has 4 nitrogen and oxygen atoms in total. The highest BCUT2D eigenvalue weighted by molar-refractivity contribution is 8.00. The molecule has 126 valence electrons. The van der Waals surface area contributed by atoms with Crippen LogP contribution < -0.4 is 4.74 Å². The first-order valence-electron chi connectivity index (χ1n) is 7.62. The van der Waals surface area contributed by atoms with Crippen LogP contribution in [0.1, 0.15) is 11.9 Å². The molecule has 1 unspecified atom stereocenters. The van der Waals surface area contributed by atoms with E-state index in [0.29, 0.717) is 5.01 Å². The molecule has 0 aliphatic rings. The lowest BCUT2D eigenvalue weighted by Gasteiger charge is -2.12. The summed E-state index contributed by atoms with van der Waals surface area (Å²) in [7, 11) is 1.62. The first kappa shape index (κ1) is 17.3. The lowest BCUT2D eigenvalue weighted by Crippen LogP contribution is -2.04. The van der Waals surface area contributed by atoms with Gasteiger partial charge in [0.25, 0.3) is 0 Å². The molecule has 1 heterocycles. The van der Waals surface area contributed by atoms with Gasteiger partial charge in [-0.25, -0.2) is 4.98 Å². The standard InChI is InChI=1S/C19H16N2O2S2/c1-12(24-14-7-5-6-13(10-14)23-2)18(22)15(11-20)19-21-16-8-3-4-9-17(16)25-19/h3-10,12,22H,1-2H3/b18-15-. The molecule has 0 spiro atoms. The summed E-state index contributed by atoms with van der Waals surface area (Å²) < 4.78 is 6.21. The zero-order valence-electron chi connectivity index (χ0n) is 13.8. The quantitative estimate of drug-likeness (QED) is 0.377. The van der Waals surface area contributed by atoms with Crippen molar-refractivity contribution in [2.75, 3.05) is 7.11 Å². The van der Waals surface area contributed by atoms with Gasteiger partial charge in [0.15, 0.2) is 0 Å². The van der Waals surface area contributed by atoms with Crippen molar-refractivity contribution in [2.45, 2.75) is 17.1 Å². The fraction of sp³-hybridized carbons (Fsp3) is 0.158. The van der Waals surface area contributed by atoms with Crippen LogP contribution in [-0.2, 0) is 0 Å². The summed E-state index contributed by atoms with van der Waals surface area (Å²) in [4.78, 5) is 5.43. The van der Waals surface area contributed by atoms with E-state index in [1.54, 1.807) is 7.11 Å². The van der Waals surface area contributed by atoms with Crippen LogP contribution in [0.2, 0.25) is 0 Å². The molecule has 1 aromatic heterocycles. The molecule has 1 N–H and O–H groups in total. The van der Waals surface area contributed by atoms with Crippen molar-refractivity contribution in [1.82, 2.24) is 4.98 Å². The highest BCUT2D eigenvalue weighted by Gasteiger charge is 2.19. The van der Waals surface area contributed by atoms with E-state index in [9.17, 15) is 10.4 Å². The Morgan fingerprint density at radius 1 is 1.28 bits per heavy atom. The van der Waals surface area contributed by atoms with Gasteiger partial charge in [0, 0.05) is 4.90 Å². The number of thiazole rings is 1. The number of ether oxygens (including phenoxy) is 1. The molecule has 0 radical (unpaired) electrons. The third-order valence-corrected chi connectivity index (χ3v) is 5.77. The molecule has 25 heavy (non-hydrogen) atoms. The summed E-state index contributed by atoms with van der Waals surface area (Å²) in [5.74, 6) is 0.793. The number of methoxy groups -OCH3 is 1. The van der Waals surface area contributed by atoms with Gasteiger partial charge < -0.3 is 9.84 Å². The number of aromatic nitrogens is 1. The van der Waals surface area contributed by atoms with Gasteiger partial charge in [-0.15, -0.1) is 23.1 Å². The number of rotatable bonds is 5. The number of hydrogen-bond acceptors (Lipinski definition) is 6. The highest BCUT2D eigenvalue weighted by Crippen LogP contribution is 2.34. The minimum atomic E-state index is -0.284. The molecule has 0 aliphatic heterocycles. The van der Waals surface area contributed by atoms with Gasteiger partial charge in [-0.2, -0.15) is 5.26 Å². The van der Waals surface area contributed by atoms with Crippen molar-refractivity contribution >= 4 is 38.9 Å². The molecule has 3 rings (SSSR count). The minimum absolute atomic E-state index is 0.0365. The Bertz CT molecular complexity index is 940. The van der Waals surface area contributed by atoms with E-state index in [4.69, 9.17) is 4.74 Å². The Labute approximate surface area is 154 Å². The second-order valence-corrected chi connectivity index (χ2v) is 7.74. The number of aliphatic hydroxyl groups excluding tert-OH is 1. The van der Waals surface area contributed by atoms with Crippen LogP contribution in [0.15, 0.2) is 59.2 Å². The maximum Gasteiger partial charge on any atom is 0.138 e. The summed E-state index contributed by atoms with van der Waals surface area (Å²) in [6.07, 6.45) is 0. The molecule has 0 aliphatic carbocycles. The first-order valence-corrected chi connectivity index (χ1v) is 9.32. The minimum Gasteiger partial charge on any atom is -0.510 e. The van der Waals surface area contributed by atoms with Crippen LogP contribution in [0, 0.1) is 11.3 Å². The van der Waals surface area contributed by atoms with E-state index in [0.717, 1.165) is 20.9 Å². The Morgan fingerprint density at radius 3 is 2.80 bits per heavy atom. The van der Waals surface area contributed by atoms with Crippen LogP contribution in [0.5, 0.6) is 5.75 Å². The average Bonchev–Trinajstić information content (AvgIpc) is 3.06. The van der Waals surface area contributed by atoms with E-state index in [1.165, 1.54) is 23.1 Å². The van der Waals surface area contributed by atoms with E-state index in [-0.39, 0.29) is 16.6 Å². The lowest BCUT2D eigenvalue weighted by molar-refractivity contribution is 0.402. The molecule has 0 saturated heterocycles. The maximum atomic E-state index is 10.6. The number of aliphatic hydroxyl groups is 1. The van der Waals surface area contributed by atoms with Crippen molar-refractivity contribution in [3.63, 3.8) is 0 Å². The fourth-order valence-corrected chi connectivity index (χ4v) is 4.28. The van der Waals surface area contributed by atoms with Gasteiger partial charge in [0.1, 0.15) is 28.2 Å². The Morgan fingerprint density at radius 2 is 2.08 bits per heavy atom. The molecule has 1 atom stereocenters. The average molecular weight is 368 g/mol. The Kier molecular flexibility index (Phi) is 5.27. The van der Waals surface area contributed by atoms with E-state index >= 15 is 0 Å². The van der Waals surface area contributed by atoms with Crippen LogP contribution in [0.25, 0.3) is 15.8 Å². The molecule has 6 heteroatoms. The number of nitrogens with zero attached hydrogens (tertiary/aromatic N) is 2. The zero-order chi connectivity index (χ0) is 17.8. The first-order chi connectivity index (χ1) is 12.1. The topological polar surface area (TPSA) is 66.1 Å². The lowest BCUT2D eigenvalue weighted by atomic mass is 10.2. The number of nitriles is 1. The molecular weight excluding hydrogens is 352 g/mol. The van der Waals surface area contributed by atoms with E-state index in [1.807, 2.05) is 55.5 Å². The SMILES string of the molecule is COc1cccc(SC(C)/C(O)=C(\C#N)c2nc3ccccc3s2)c1. The van der Waals surface area contributed by atoms with Gasteiger partial charge in [-0.05, 0) is 37.3 Å². The monoisotopic (exact) mass is 368 g/mol. The van der Waals surface area contributed by atoms with Crippen LogP contribution in [0.3, 0.4) is 0 Å². The molecule has 3 aromatic rings. The van der Waals surface area contributed by atoms with Crippen molar-refractivity contribution in [2.24, 2.45) is 0 Å². The van der Waals surface area contributed by atoms with E-state index in [2.05, 4.69) is 11.1 Å². The zero-order valence-corrected chi connectivity index (χ0v) is 15.4. The van der Waals surface area contributed by atoms with E-state index < -0.39 is 0 Å². The normalized spacial score (nSPS) is 13.2. The number of hydrogen-bond donors (Lipinski definition) is 1. The van der Waals surface area contributed by atoms with Crippen LogP contribution in [0.4, 0.5) is 0 Å². The van der Waals surface area contributed by atoms with Gasteiger partial charge in [0.05, 0.1) is 22.6 Å². The second-order valence-electron chi connectivity index (χ2n) is 5.30. The Hall–Kier alpha value is -2.49. The number of benzene rings is 2. The number of thioether (sulfide) groups is 1. The number of allylic oxidation sites excluding steroid dienone is 1.